The molecule has 0 spiro atoms. The number of carbonyl (C=O) groups is 1. The molecular formula is C26H27F3N4O2S. The first-order chi connectivity index (χ1) is 17.1. The summed E-state index contributed by atoms with van der Waals surface area (Å²) in [7, 11) is 0. The molecule has 1 unspecified atom stereocenters. The van der Waals surface area contributed by atoms with Gasteiger partial charge in [-0.2, -0.15) is 13.2 Å². The summed E-state index contributed by atoms with van der Waals surface area (Å²) in [6, 6.07) is 14.7. The van der Waals surface area contributed by atoms with Crippen LogP contribution in [0.5, 0.6) is 0 Å². The zero-order valence-electron chi connectivity index (χ0n) is 20.0. The summed E-state index contributed by atoms with van der Waals surface area (Å²) in [5, 5.41) is 10.2. The quantitative estimate of drug-likeness (QED) is 0.346. The Balaban J connectivity index is 1.56. The predicted octanol–water partition coefficient (Wildman–Crippen LogP) is 6.54. The standard InChI is InChI=1S/C26H27F3N4O2S/c1-3-17-8-4-5-9-18(17)23-19(26(27,28)29)12-13-20(30-23)32-36-22-11-6-10-21(31-22)33-15-7-14-25(2,16-33)24(34)35/h4-6,8-13H,3,7,14-16H2,1-2H3,(H,30,32)(H,34,35). The van der Waals surface area contributed by atoms with Crippen molar-refractivity contribution >= 4 is 29.6 Å². The van der Waals surface area contributed by atoms with Crippen molar-refractivity contribution in [3.05, 3.63) is 65.7 Å². The Labute approximate surface area is 212 Å². The molecular weight excluding hydrogens is 489 g/mol. The first-order valence-corrected chi connectivity index (χ1v) is 12.5. The van der Waals surface area contributed by atoms with Gasteiger partial charge in [-0.25, -0.2) is 9.97 Å². The fraction of sp³-hybridized carbons (Fsp3) is 0.346. The van der Waals surface area contributed by atoms with Crippen LogP contribution in [0.15, 0.2) is 59.6 Å². The minimum atomic E-state index is -4.54. The van der Waals surface area contributed by atoms with Crippen LogP contribution in [0.4, 0.5) is 24.8 Å². The molecule has 3 aromatic rings. The van der Waals surface area contributed by atoms with Crippen LogP contribution in [0.2, 0.25) is 0 Å². The van der Waals surface area contributed by atoms with Crippen LogP contribution in [0.3, 0.4) is 0 Å². The van der Waals surface area contributed by atoms with E-state index in [-0.39, 0.29) is 11.5 Å². The molecule has 0 radical (unpaired) electrons. The Morgan fingerprint density at radius 3 is 2.64 bits per heavy atom. The van der Waals surface area contributed by atoms with Gasteiger partial charge in [-0.3, -0.25) is 4.79 Å². The lowest BCUT2D eigenvalue weighted by Gasteiger charge is -2.38. The molecule has 6 nitrogen and oxygen atoms in total. The van der Waals surface area contributed by atoms with Crippen LogP contribution in [0, 0.1) is 5.41 Å². The molecule has 0 aliphatic carbocycles. The summed E-state index contributed by atoms with van der Waals surface area (Å²) in [5.74, 6) is 0.109. The van der Waals surface area contributed by atoms with E-state index in [1.165, 1.54) is 6.07 Å². The van der Waals surface area contributed by atoms with Crippen molar-refractivity contribution < 1.29 is 23.1 Å². The van der Waals surface area contributed by atoms with Crippen LogP contribution in [0.1, 0.15) is 37.8 Å². The summed E-state index contributed by atoms with van der Waals surface area (Å²) in [6.45, 7) is 4.70. The van der Waals surface area contributed by atoms with Crippen LogP contribution in [-0.4, -0.2) is 34.1 Å². The van der Waals surface area contributed by atoms with Crippen molar-refractivity contribution in [2.75, 3.05) is 22.7 Å². The minimum Gasteiger partial charge on any atom is -0.481 e. The third-order valence-corrected chi connectivity index (χ3v) is 7.11. The Morgan fingerprint density at radius 2 is 1.92 bits per heavy atom. The molecule has 1 aliphatic rings. The van der Waals surface area contributed by atoms with E-state index < -0.39 is 23.1 Å². The minimum absolute atomic E-state index is 0.117. The van der Waals surface area contributed by atoms with Crippen molar-refractivity contribution in [3.8, 4) is 11.3 Å². The average Bonchev–Trinajstić information content (AvgIpc) is 2.87. The monoisotopic (exact) mass is 516 g/mol. The highest BCUT2D eigenvalue weighted by atomic mass is 32.2. The van der Waals surface area contributed by atoms with Gasteiger partial charge in [-0.05, 0) is 56.0 Å². The molecule has 3 heterocycles. The highest BCUT2D eigenvalue weighted by molar-refractivity contribution is 8.00. The lowest BCUT2D eigenvalue weighted by atomic mass is 9.82. The first-order valence-electron chi connectivity index (χ1n) is 11.7. The van der Waals surface area contributed by atoms with Gasteiger partial charge in [0, 0.05) is 30.6 Å². The van der Waals surface area contributed by atoms with Crippen molar-refractivity contribution in [1.82, 2.24) is 9.97 Å². The molecule has 2 aromatic heterocycles. The van der Waals surface area contributed by atoms with E-state index in [0.29, 0.717) is 42.3 Å². The second-order valence-electron chi connectivity index (χ2n) is 9.03. The molecule has 1 aromatic carbocycles. The number of halogens is 3. The fourth-order valence-corrected chi connectivity index (χ4v) is 4.97. The number of hydrogen-bond donors (Lipinski definition) is 2. The molecule has 4 rings (SSSR count). The number of aromatic nitrogens is 2. The lowest BCUT2D eigenvalue weighted by molar-refractivity contribution is -0.148. The number of benzene rings is 1. The number of pyridine rings is 2. The van der Waals surface area contributed by atoms with Crippen LogP contribution in [-0.2, 0) is 17.4 Å². The van der Waals surface area contributed by atoms with Gasteiger partial charge in [0.2, 0.25) is 0 Å². The molecule has 2 N–H and O–H groups in total. The third-order valence-electron chi connectivity index (χ3n) is 6.36. The van der Waals surface area contributed by atoms with E-state index in [9.17, 15) is 23.1 Å². The van der Waals surface area contributed by atoms with Crippen LogP contribution < -0.4 is 9.62 Å². The Bertz CT molecular complexity index is 1250. The molecule has 190 valence electrons. The van der Waals surface area contributed by atoms with E-state index >= 15 is 0 Å². The molecule has 0 bridgehead atoms. The van der Waals surface area contributed by atoms with Gasteiger partial charge in [0.05, 0.1) is 16.7 Å². The maximum atomic E-state index is 13.8. The Kier molecular flexibility index (Phi) is 7.44. The van der Waals surface area contributed by atoms with Gasteiger partial charge in [-0.1, -0.05) is 37.3 Å². The van der Waals surface area contributed by atoms with Gasteiger partial charge in [-0.15, -0.1) is 0 Å². The number of carboxylic acids is 1. The SMILES string of the molecule is CCc1ccccc1-c1nc(NSc2cccc(N3CCCC(C)(C(=O)O)C3)n2)ccc1C(F)(F)F. The number of nitrogens with one attached hydrogen (secondary N) is 1. The number of piperidine rings is 1. The van der Waals surface area contributed by atoms with Crippen molar-refractivity contribution in [3.63, 3.8) is 0 Å². The number of aliphatic carboxylic acids is 1. The maximum Gasteiger partial charge on any atom is 0.418 e. The molecule has 1 fully saturated rings. The molecule has 10 heteroatoms. The van der Waals surface area contributed by atoms with E-state index in [1.54, 1.807) is 37.3 Å². The first kappa shape index (κ1) is 25.8. The number of carboxylic acid groups (broad SMARTS) is 1. The predicted molar refractivity (Wildman–Crippen MR) is 135 cm³/mol. The number of alkyl halides is 3. The van der Waals surface area contributed by atoms with Crippen molar-refractivity contribution in [1.29, 1.82) is 0 Å². The smallest absolute Gasteiger partial charge is 0.418 e. The summed E-state index contributed by atoms with van der Waals surface area (Å²) >= 11 is 1.14. The lowest BCUT2D eigenvalue weighted by Crippen LogP contribution is -2.46. The van der Waals surface area contributed by atoms with Gasteiger partial charge in [0.15, 0.2) is 0 Å². The van der Waals surface area contributed by atoms with E-state index in [2.05, 4.69) is 14.7 Å². The second-order valence-corrected chi connectivity index (χ2v) is 9.86. The molecule has 1 aliphatic heterocycles. The van der Waals surface area contributed by atoms with Gasteiger partial charge in [0.25, 0.3) is 0 Å². The number of anilines is 2. The molecule has 0 amide bonds. The summed E-state index contributed by atoms with van der Waals surface area (Å²) < 4.78 is 44.3. The van der Waals surface area contributed by atoms with Gasteiger partial charge < -0.3 is 14.7 Å². The Morgan fingerprint density at radius 1 is 1.14 bits per heavy atom. The highest BCUT2D eigenvalue weighted by Crippen LogP contribution is 2.38. The topological polar surface area (TPSA) is 78.4 Å². The summed E-state index contributed by atoms with van der Waals surface area (Å²) in [5.41, 5.74) is -0.507. The maximum absolute atomic E-state index is 13.8. The van der Waals surface area contributed by atoms with E-state index in [4.69, 9.17) is 0 Å². The average molecular weight is 517 g/mol. The number of aryl methyl sites for hydroxylation is 1. The number of hydrogen-bond acceptors (Lipinski definition) is 6. The highest BCUT2D eigenvalue weighted by Gasteiger charge is 2.38. The van der Waals surface area contributed by atoms with Crippen molar-refractivity contribution in [2.45, 2.75) is 44.3 Å². The molecule has 0 saturated carbocycles. The largest absolute Gasteiger partial charge is 0.481 e. The zero-order chi connectivity index (χ0) is 25.9. The molecule has 1 saturated heterocycles. The second kappa shape index (κ2) is 10.4. The zero-order valence-corrected chi connectivity index (χ0v) is 20.8. The summed E-state index contributed by atoms with van der Waals surface area (Å²) in [6.07, 6.45) is -2.60. The summed E-state index contributed by atoms with van der Waals surface area (Å²) in [4.78, 5) is 22.6. The molecule has 1 atom stereocenters. The number of nitrogens with zero attached hydrogens (tertiary/aromatic N) is 3. The van der Waals surface area contributed by atoms with Gasteiger partial charge in [0.1, 0.15) is 16.7 Å². The van der Waals surface area contributed by atoms with E-state index in [0.717, 1.165) is 30.0 Å². The number of rotatable bonds is 7. The Hall–Kier alpha value is -3.27. The third kappa shape index (κ3) is 5.59. The fourth-order valence-electron chi connectivity index (χ4n) is 4.36. The van der Waals surface area contributed by atoms with Crippen molar-refractivity contribution in [2.24, 2.45) is 5.41 Å². The van der Waals surface area contributed by atoms with Gasteiger partial charge >= 0.3 is 12.1 Å². The van der Waals surface area contributed by atoms with Crippen LogP contribution >= 0.6 is 11.9 Å². The van der Waals surface area contributed by atoms with Crippen LogP contribution in [0.25, 0.3) is 11.3 Å². The molecule has 36 heavy (non-hydrogen) atoms. The van der Waals surface area contributed by atoms with E-state index in [1.807, 2.05) is 24.0 Å². The normalized spacial score (nSPS) is 18.2.